The van der Waals surface area contributed by atoms with Crippen LogP contribution in [0.2, 0.25) is 0 Å². The Balaban J connectivity index is 2.42. The lowest BCUT2D eigenvalue weighted by Gasteiger charge is -2.24. The smallest absolute Gasteiger partial charge is 0.0242 e. The number of halogens is 1. The summed E-state index contributed by atoms with van der Waals surface area (Å²) in [6, 6.07) is 6.55. The molecule has 18 heavy (non-hydrogen) atoms. The standard InChI is InChI=1S/C15H25BrN2/c1-12-6-7-13(14(16)10-12)11-18(5)9-8-17-15(2,3)4/h6-7,10,17H,8-9,11H2,1-5H3. The van der Waals surface area contributed by atoms with Gasteiger partial charge in [0.05, 0.1) is 0 Å². The Morgan fingerprint density at radius 2 is 1.94 bits per heavy atom. The summed E-state index contributed by atoms with van der Waals surface area (Å²) in [7, 11) is 2.16. The number of benzene rings is 1. The quantitative estimate of drug-likeness (QED) is 0.894. The number of aryl methyl sites for hydroxylation is 1. The van der Waals surface area contributed by atoms with E-state index >= 15 is 0 Å². The van der Waals surface area contributed by atoms with E-state index in [0.717, 1.165) is 19.6 Å². The highest BCUT2D eigenvalue weighted by molar-refractivity contribution is 9.10. The third-order valence-corrected chi connectivity index (χ3v) is 3.54. The van der Waals surface area contributed by atoms with E-state index in [4.69, 9.17) is 0 Å². The molecule has 1 rings (SSSR count). The van der Waals surface area contributed by atoms with E-state index in [1.165, 1.54) is 15.6 Å². The molecule has 0 aromatic heterocycles. The summed E-state index contributed by atoms with van der Waals surface area (Å²) in [6.07, 6.45) is 0. The molecule has 0 atom stereocenters. The molecule has 0 fully saturated rings. The molecule has 102 valence electrons. The Labute approximate surface area is 120 Å². The summed E-state index contributed by atoms with van der Waals surface area (Å²) in [5.74, 6) is 0. The predicted octanol–water partition coefficient (Wildman–Crippen LogP) is 3.58. The van der Waals surface area contributed by atoms with Crippen LogP contribution in [0.5, 0.6) is 0 Å². The third-order valence-electron chi connectivity index (χ3n) is 2.80. The topological polar surface area (TPSA) is 15.3 Å². The van der Waals surface area contributed by atoms with Crippen molar-refractivity contribution in [2.75, 3.05) is 20.1 Å². The van der Waals surface area contributed by atoms with Crippen LogP contribution < -0.4 is 5.32 Å². The van der Waals surface area contributed by atoms with Crippen LogP contribution in [0.15, 0.2) is 22.7 Å². The zero-order valence-corrected chi connectivity index (χ0v) is 13.8. The Bertz CT molecular complexity index is 383. The van der Waals surface area contributed by atoms with Crippen LogP contribution in [-0.4, -0.2) is 30.6 Å². The molecule has 0 saturated heterocycles. The van der Waals surface area contributed by atoms with Crippen LogP contribution in [0.4, 0.5) is 0 Å². The third kappa shape index (κ3) is 5.98. The van der Waals surface area contributed by atoms with Crippen molar-refractivity contribution in [2.24, 2.45) is 0 Å². The Morgan fingerprint density at radius 3 is 2.50 bits per heavy atom. The normalized spacial score (nSPS) is 12.2. The van der Waals surface area contributed by atoms with Gasteiger partial charge in [-0.2, -0.15) is 0 Å². The molecule has 0 unspecified atom stereocenters. The SMILES string of the molecule is Cc1ccc(CN(C)CCNC(C)(C)C)c(Br)c1. The molecule has 0 radical (unpaired) electrons. The van der Waals surface area contributed by atoms with E-state index < -0.39 is 0 Å². The van der Waals surface area contributed by atoms with E-state index in [0.29, 0.717) is 0 Å². The second-order valence-corrected chi connectivity index (χ2v) is 6.86. The van der Waals surface area contributed by atoms with Gasteiger partial charge < -0.3 is 10.2 Å². The number of nitrogens with one attached hydrogen (secondary N) is 1. The minimum atomic E-state index is 0.200. The highest BCUT2D eigenvalue weighted by atomic mass is 79.9. The average molecular weight is 313 g/mol. The maximum absolute atomic E-state index is 3.63. The largest absolute Gasteiger partial charge is 0.311 e. The number of hydrogen-bond acceptors (Lipinski definition) is 2. The molecular weight excluding hydrogens is 288 g/mol. The maximum Gasteiger partial charge on any atom is 0.0242 e. The Morgan fingerprint density at radius 1 is 1.28 bits per heavy atom. The molecule has 0 saturated carbocycles. The molecule has 0 aliphatic carbocycles. The van der Waals surface area contributed by atoms with Gasteiger partial charge in [0.1, 0.15) is 0 Å². The molecule has 0 bridgehead atoms. The van der Waals surface area contributed by atoms with Gasteiger partial charge in [-0.05, 0) is 51.9 Å². The van der Waals surface area contributed by atoms with E-state index in [-0.39, 0.29) is 5.54 Å². The first-order valence-electron chi connectivity index (χ1n) is 6.46. The first-order chi connectivity index (χ1) is 8.28. The van der Waals surface area contributed by atoms with Gasteiger partial charge in [-0.1, -0.05) is 28.1 Å². The minimum absolute atomic E-state index is 0.200. The number of rotatable bonds is 5. The van der Waals surface area contributed by atoms with Gasteiger partial charge in [-0.15, -0.1) is 0 Å². The fourth-order valence-corrected chi connectivity index (χ4v) is 2.39. The van der Waals surface area contributed by atoms with Crippen molar-refractivity contribution in [1.29, 1.82) is 0 Å². The first kappa shape index (κ1) is 15.7. The molecule has 1 N–H and O–H groups in total. The van der Waals surface area contributed by atoms with Gasteiger partial charge in [-0.3, -0.25) is 0 Å². The second-order valence-electron chi connectivity index (χ2n) is 6.01. The minimum Gasteiger partial charge on any atom is -0.311 e. The summed E-state index contributed by atoms with van der Waals surface area (Å²) in [5.41, 5.74) is 2.84. The molecule has 1 aromatic carbocycles. The Hall–Kier alpha value is -0.380. The van der Waals surface area contributed by atoms with E-state index in [1.54, 1.807) is 0 Å². The van der Waals surface area contributed by atoms with Crippen molar-refractivity contribution in [3.63, 3.8) is 0 Å². The van der Waals surface area contributed by atoms with E-state index in [1.807, 2.05) is 0 Å². The molecule has 0 spiro atoms. The molecular formula is C15H25BrN2. The Kier molecular flexibility index (Phi) is 5.83. The molecule has 2 nitrogen and oxygen atoms in total. The van der Waals surface area contributed by atoms with Crippen LogP contribution >= 0.6 is 15.9 Å². The molecule has 0 aliphatic heterocycles. The van der Waals surface area contributed by atoms with Gasteiger partial charge in [0.2, 0.25) is 0 Å². The summed E-state index contributed by atoms with van der Waals surface area (Å²) < 4.78 is 1.21. The zero-order chi connectivity index (χ0) is 13.8. The van der Waals surface area contributed by atoms with Crippen LogP contribution in [-0.2, 0) is 6.54 Å². The zero-order valence-electron chi connectivity index (χ0n) is 12.2. The van der Waals surface area contributed by atoms with Crippen LogP contribution in [0.3, 0.4) is 0 Å². The average Bonchev–Trinajstić information content (AvgIpc) is 2.20. The number of likely N-dealkylation sites (N-methyl/N-ethyl adjacent to an activating group) is 1. The van der Waals surface area contributed by atoms with E-state index in [9.17, 15) is 0 Å². The molecule has 0 aliphatic rings. The van der Waals surface area contributed by atoms with Gasteiger partial charge in [-0.25, -0.2) is 0 Å². The van der Waals surface area contributed by atoms with Gasteiger partial charge in [0, 0.05) is 29.6 Å². The highest BCUT2D eigenvalue weighted by Gasteiger charge is 2.09. The van der Waals surface area contributed by atoms with Crippen molar-refractivity contribution < 1.29 is 0 Å². The second kappa shape index (κ2) is 6.69. The van der Waals surface area contributed by atoms with E-state index in [2.05, 4.69) is 79.1 Å². The molecule has 1 aromatic rings. The lowest BCUT2D eigenvalue weighted by molar-refractivity contribution is 0.303. The summed E-state index contributed by atoms with van der Waals surface area (Å²) in [5, 5.41) is 3.51. The molecule has 3 heteroatoms. The van der Waals surface area contributed by atoms with Crippen LogP contribution in [0.1, 0.15) is 31.9 Å². The van der Waals surface area contributed by atoms with Crippen molar-refractivity contribution in [2.45, 2.75) is 39.8 Å². The van der Waals surface area contributed by atoms with Crippen molar-refractivity contribution in [3.05, 3.63) is 33.8 Å². The lowest BCUT2D eigenvalue weighted by atomic mass is 10.1. The van der Waals surface area contributed by atoms with Gasteiger partial charge in [0.25, 0.3) is 0 Å². The van der Waals surface area contributed by atoms with Crippen LogP contribution in [0.25, 0.3) is 0 Å². The molecule has 0 amide bonds. The first-order valence-corrected chi connectivity index (χ1v) is 7.26. The summed E-state index contributed by atoms with van der Waals surface area (Å²) in [6.45, 7) is 11.8. The van der Waals surface area contributed by atoms with Gasteiger partial charge >= 0.3 is 0 Å². The van der Waals surface area contributed by atoms with Crippen molar-refractivity contribution >= 4 is 15.9 Å². The highest BCUT2D eigenvalue weighted by Crippen LogP contribution is 2.19. The lowest BCUT2D eigenvalue weighted by Crippen LogP contribution is -2.40. The molecule has 0 heterocycles. The fourth-order valence-electron chi connectivity index (χ4n) is 1.77. The predicted molar refractivity (Wildman–Crippen MR) is 83.0 cm³/mol. The summed E-state index contributed by atoms with van der Waals surface area (Å²) in [4.78, 5) is 2.34. The number of hydrogen-bond donors (Lipinski definition) is 1. The maximum atomic E-state index is 3.63. The number of nitrogens with zero attached hydrogens (tertiary/aromatic N) is 1. The van der Waals surface area contributed by atoms with Crippen molar-refractivity contribution in [1.82, 2.24) is 10.2 Å². The monoisotopic (exact) mass is 312 g/mol. The summed E-state index contributed by atoms with van der Waals surface area (Å²) >= 11 is 3.63. The van der Waals surface area contributed by atoms with Crippen molar-refractivity contribution in [3.8, 4) is 0 Å². The fraction of sp³-hybridized carbons (Fsp3) is 0.600. The van der Waals surface area contributed by atoms with Crippen LogP contribution in [0, 0.1) is 6.92 Å². The van der Waals surface area contributed by atoms with Gasteiger partial charge in [0.15, 0.2) is 0 Å².